The molecule has 0 aliphatic heterocycles. The average Bonchev–Trinajstić information content (AvgIpc) is 2.07. The van der Waals surface area contributed by atoms with Crippen LogP contribution < -0.4 is 5.32 Å². The molecule has 0 saturated heterocycles. The van der Waals surface area contributed by atoms with Crippen LogP contribution in [0.3, 0.4) is 0 Å². The van der Waals surface area contributed by atoms with E-state index in [9.17, 15) is 14.0 Å². The molecule has 1 heterocycles. The number of nitrogens with one attached hydrogen (secondary N) is 1. The van der Waals surface area contributed by atoms with E-state index >= 15 is 0 Å². The van der Waals surface area contributed by atoms with Crippen LogP contribution >= 0.6 is 0 Å². The van der Waals surface area contributed by atoms with Gasteiger partial charge in [-0.05, 0) is 6.07 Å². The SMILES string of the molecule is O=C(O)CC(=O)Nc1ccncc1F. The van der Waals surface area contributed by atoms with Gasteiger partial charge in [0.05, 0.1) is 11.9 Å². The molecule has 0 radical (unpaired) electrons. The Bertz CT molecular complexity index is 367. The first-order valence-electron chi connectivity index (χ1n) is 3.71. The van der Waals surface area contributed by atoms with Crippen LogP contribution in [0, 0.1) is 5.82 Å². The molecule has 0 fully saturated rings. The van der Waals surface area contributed by atoms with E-state index in [4.69, 9.17) is 5.11 Å². The number of anilines is 1. The van der Waals surface area contributed by atoms with Crippen LogP contribution in [0.25, 0.3) is 0 Å². The zero-order chi connectivity index (χ0) is 10.6. The van der Waals surface area contributed by atoms with Crippen LogP contribution in [-0.4, -0.2) is 22.0 Å². The van der Waals surface area contributed by atoms with Crippen LogP contribution in [0.5, 0.6) is 0 Å². The second-order valence-corrected chi connectivity index (χ2v) is 2.47. The second-order valence-electron chi connectivity index (χ2n) is 2.47. The standard InChI is InChI=1S/C8H7FN2O3/c9-5-4-10-2-1-6(5)11-7(12)3-8(13)14/h1-2,4H,3H2,(H,13,14)(H,10,11,12). The van der Waals surface area contributed by atoms with Gasteiger partial charge < -0.3 is 10.4 Å². The molecule has 74 valence electrons. The highest BCUT2D eigenvalue weighted by Crippen LogP contribution is 2.10. The highest BCUT2D eigenvalue weighted by atomic mass is 19.1. The number of hydrogen-bond acceptors (Lipinski definition) is 3. The maximum atomic E-state index is 12.9. The van der Waals surface area contributed by atoms with Gasteiger partial charge in [-0.25, -0.2) is 4.39 Å². The van der Waals surface area contributed by atoms with Crippen molar-refractivity contribution in [3.63, 3.8) is 0 Å². The third-order valence-corrected chi connectivity index (χ3v) is 1.36. The van der Waals surface area contributed by atoms with Crippen LogP contribution in [0.1, 0.15) is 6.42 Å². The first-order chi connectivity index (χ1) is 6.59. The van der Waals surface area contributed by atoms with Crippen molar-refractivity contribution < 1.29 is 19.1 Å². The Labute approximate surface area is 78.6 Å². The van der Waals surface area contributed by atoms with Gasteiger partial charge in [0, 0.05) is 6.20 Å². The van der Waals surface area contributed by atoms with Crippen molar-refractivity contribution in [3.05, 3.63) is 24.3 Å². The van der Waals surface area contributed by atoms with Gasteiger partial charge in [-0.3, -0.25) is 14.6 Å². The van der Waals surface area contributed by atoms with Gasteiger partial charge in [0.15, 0.2) is 5.82 Å². The van der Waals surface area contributed by atoms with E-state index in [1.807, 2.05) is 0 Å². The molecular weight excluding hydrogens is 191 g/mol. The molecule has 5 nitrogen and oxygen atoms in total. The average molecular weight is 198 g/mol. The molecule has 0 bridgehead atoms. The molecular formula is C8H7FN2O3. The van der Waals surface area contributed by atoms with Crippen molar-refractivity contribution >= 4 is 17.6 Å². The summed E-state index contributed by atoms with van der Waals surface area (Å²) in [6, 6.07) is 1.25. The van der Waals surface area contributed by atoms with Crippen LogP contribution in [-0.2, 0) is 9.59 Å². The number of hydrogen-bond donors (Lipinski definition) is 2. The van der Waals surface area contributed by atoms with Gasteiger partial charge in [-0.2, -0.15) is 0 Å². The maximum absolute atomic E-state index is 12.9. The van der Waals surface area contributed by atoms with E-state index in [0.717, 1.165) is 6.20 Å². The third kappa shape index (κ3) is 2.81. The monoisotopic (exact) mass is 198 g/mol. The van der Waals surface area contributed by atoms with E-state index in [0.29, 0.717) is 0 Å². The van der Waals surface area contributed by atoms with Crippen molar-refractivity contribution in [3.8, 4) is 0 Å². The van der Waals surface area contributed by atoms with Crippen molar-refractivity contribution in [2.75, 3.05) is 5.32 Å². The number of carboxylic acids is 1. The quantitative estimate of drug-likeness (QED) is 0.698. The number of carboxylic acid groups (broad SMARTS) is 1. The Morgan fingerprint density at radius 3 is 2.86 bits per heavy atom. The number of rotatable bonds is 3. The molecule has 1 amide bonds. The summed E-state index contributed by atoms with van der Waals surface area (Å²) in [6.07, 6.45) is 1.53. The fourth-order valence-electron chi connectivity index (χ4n) is 0.808. The van der Waals surface area contributed by atoms with Crippen molar-refractivity contribution in [1.82, 2.24) is 4.98 Å². The number of aromatic nitrogens is 1. The zero-order valence-electron chi connectivity index (χ0n) is 7.03. The normalized spacial score (nSPS) is 9.50. The molecule has 0 aromatic carbocycles. The summed E-state index contributed by atoms with van der Waals surface area (Å²) in [5.74, 6) is -2.74. The Morgan fingerprint density at radius 2 is 2.29 bits per heavy atom. The number of aliphatic carboxylic acids is 1. The first kappa shape index (κ1) is 10.1. The predicted octanol–water partition coefficient (Wildman–Crippen LogP) is 0.634. The minimum absolute atomic E-state index is 0.0775. The van der Waals surface area contributed by atoms with Gasteiger partial charge in [0.2, 0.25) is 5.91 Å². The number of amides is 1. The number of carbonyl (C=O) groups excluding carboxylic acids is 1. The number of halogens is 1. The van der Waals surface area contributed by atoms with Gasteiger partial charge >= 0.3 is 5.97 Å². The molecule has 0 aliphatic carbocycles. The molecule has 0 atom stereocenters. The predicted molar refractivity (Wildman–Crippen MR) is 45.1 cm³/mol. The zero-order valence-corrected chi connectivity index (χ0v) is 7.03. The molecule has 0 saturated carbocycles. The van der Waals surface area contributed by atoms with Crippen molar-refractivity contribution in [1.29, 1.82) is 0 Å². The van der Waals surface area contributed by atoms with E-state index in [1.165, 1.54) is 12.3 Å². The van der Waals surface area contributed by atoms with Crippen molar-refractivity contribution in [2.45, 2.75) is 6.42 Å². The lowest BCUT2D eigenvalue weighted by atomic mass is 10.3. The van der Waals surface area contributed by atoms with Gasteiger partial charge in [0.25, 0.3) is 0 Å². The Morgan fingerprint density at radius 1 is 1.57 bits per heavy atom. The minimum atomic E-state index is -1.27. The number of carbonyl (C=O) groups is 2. The fraction of sp³-hybridized carbons (Fsp3) is 0.125. The molecule has 2 N–H and O–H groups in total. The largest absolute Gasteiger partial charge is 0.481 e. The molecule has 1 rings (SSSR count). The van der Waals surface area contributed by atoms with E-state index < -0.39 is 24.1 Å². The van der Waals surface area contributed by atoms with Gasteiger partial charge in [0.1, 0.15) is 6.42 Å². The summed E-state index contributed by atoms with van der Waals surface area (Å²) in [5.41, 5.74) is -0.0775. The topological polar surface area (TPSA) is 79.3 Å². The van der Waals surface area contributed by atoms with E-state index in [2.05, 4.69) is 10.3 Å². The Hall–Kier alpha value is -1.98. The fourth-order valence-corrected chi connectivity index (χ4v) is 0.808. The molecule has 1 aromatic rings. The summed E-state index contributed by atoms with van der Waals surface area (Å²) in [5, 5.41) is 10.4. The molecule has 1 aromatic heterocycles. The van der Waals surface area contributed by atoms with Crippen LogP contribution in [0.4, 0.5) is 10.1 Å². The summed E-state index contributed by atoms with van der Waals surface area (Å²) in [4.78, 5) is 24.5. The molecule has 6 heteroatoms. The molecule has 0 spiro atoms. The van der Waals surface area contributed by atoms with Crippen LogP contribution in [0.15, 0.2) is 18.5 Å². The lowest BCUT2D eigenvalue weighted by Gasteiger charge is -2.03. The van der Waals surface area contributed by atoms with Crippen LogP contribution in [0.2, 0.25) is 0 Å². The Kier molecular flexibility index (Phi) is 3.11. The maximum Gasteiger partial charge on any atom is 0.312 e. The number of pyridine rings is 1. The highest BCUT2D eigenvalue weighted by Gasteiger charge is 2.09. The molecule has 0 aliphatic rings. The summed E-state index contributed by atoms with van der Waals surface area (Å²) >= 11 is 0. The Balaban J connectivity index is 2.65. The third-order valence-electron chi connectivity index (χ3n) is 1.36. The number of nitrogens with zero attached hydrogens (tertiary/aromatic N) is 1. The molecule has 0 unspecified atom stereocenters. The lowest BCUT2D eigenvalue weighted by Crippen LogP contribution is -2.16. The summed E-state index contributed by atoms with van der Waals surface area (Å²) in [7, 11) is 0. The van der Waals surface area contributed by atoms with E-state index in [1.54, 1.807) is 0 Å². The smallest absolute Gasteiger partial charge is 0.312 e. The highest BCUT2D eigenvalue weighted by molar-refractivity contribution is 6.01. The second kappa shape index (κ2) is 4.31. The van der Waals surface area contributed by atoms with Gasteiger partial charge in [-0.1, -0.05) is 0 Å². The summed E-state index contributed by atoms with van der Waals surface area (Å²) < 4.78 is 12.9. The minimum Gasteiger partial charge on any atom is -0.481 e. The van der Waals surface area contributed by atoms with Crippen molar-refractivity contribution in [2.24, 2.45) is 0 Å². The summed E-state index contributed by atoms with van der Waals surface area (Å²) in [6.45, 7) is 0. The van der Waals surface area contributed by atoms with Gasteiger partial charge in [-0.15, -0.1) is 0 Å². The van der Waals surface area contributed by atoms with E-state index in [-0.39, 0.29) is 5.69 Å². The first-order valence-corrected chi connectivity index (χ1v) is 3.71. The lowest BCUT2D eigenvalue weighted by molar-refractivity contribution is -0.139. The molecule has 14 heavy (non-hydrogen) atoms.